The quantitative estimate of drug-likeness (QED) is 0.509. The average molecular weight is 186 g/mol. The van der Waals surface area contributed by atoms with Gasteiger partial charge in [0.25, 0.3) is 0 Å². The number of aliphatic hydroxyl groups is 2. The first-order valence-electron chi connectivity index (χ1n) is 4.65. The number of cyclic esters (lactones) is 1. The second-order valence-corrected chi connectivity index (χ2v) is 4.03. The Kier molecular flexibility index (Phi) is 2.04. The molecule has 1 heterocycles. The molecule has 1 saturated heterocycles. The number of esters is 1. The third kappa shape index (κ3) is 1.34. The molecule has 2 rings (SSSR count). The Morgan fingerprint density at radius 3 is 2.85 bits per heavy atom. The fourth-order valence-corrected chi connectivity index (χ4v) is 2.57. The summed E-state index contributed by atoms with van der Waals surface area (Å²) in [5.41, 5.74) is 0. The largest absolute Gasteiger partial charge is 0.462 e. The van der Waals surface area contributed by atoms with Crippen LogP contribution in [0, 0.1) is 11.8 Å². The summed E-state index contributed by atoms with van der Waals surface area (Å²) in [5, 5.41) is 19.0. The van der Waals surface area contributed by atoms with E-state index in [1.807, 2.05) is 0 Å². The summed E-state index contributed by atoms with van der Waals surface area (Å²) in [7, 11) is 0. The smallest absolute Gasteiger partial charge is 0.306 e. The summed E-state index contributed by atoms with van der Waals surface area (Å²) in [6.45, 7) is 1.77. The second-order valence-electron chi connectivity index (χ2n) is 4.03. The monoisotopic (exact) mass is 186 g/mol. The number of rotatable bonds is 0. The lowest BCUT2D eigenvalue weighted by atomic mass is 9.86. The van der Waals surface area contributed by atoms with E-state index in [-0.39, 0.29) is 23.9 Å². The minimum Gasteiger partial charge on any atom is -0.462 e. The minimum absolute atomic E-state index is 0.0762. The lowest BCUT2D eigenvalue weighted by molar-refractivity contribution is -0.163. The fraction of sp³-hybridized carbons (Fsp3) is 0.889. The van der Waals surface area contributed by atoms with Crippen molar-refractivity contribution in [2.24, 2.45) is 11.8 Å². The molecular formula is C9H14O4. The SMILES string of the molecule is C[C@@H]1OC(=O)C[C@H]2C[C@H](O)[C@H](O)[C@H]21. The predicted octanol–water partition coefficient (Wildman–Crippen LogP) is -0.320. The molecule has 4 nitrogen and oxygen atoms in total. The van der Waals surface area contributed by atoms with E-state index in [1.165, 1.54) is 0 Å². The number of aliphatic hydroxyl groups excluding tert-OH is 2. The maximum absolute atomic E-state index is 11.0. The van der Waals surface area contributed by atoms with Gasteiger partial charge in [-0.25, -0.2) is 0 Å². The molecule has 13 heavy (non-hydrogen) atoms. The summed E-state index contributed by atoms with van der Waals surface area (Å²) in [4.78, 5) is 11.0. The maximum atomic E-state index is 11.0. The van der Waals surface area contributed by atoms with Crippen LogP contribution in [0.15, 0.2) is 0 Å². The average Bonchev–Trinajstić information content (AvgIpc) is 2.27. The highest BCUT2D eigenvalue weighted by Gasteiger charge is 2.48. The topological polar surface area (TPSA) is 66.8 Å². The van der Waals surface area contributed by atoms with Crippen molar-refractivity contribution in [3.63, 3.8) is 0 Å². The molecular weight excluding hydrogens is 172 g/mol. The highest BCUT2D eigenvalue weighted by Crippen LogP contribution is 2.41. The molecule has 1 aliphatic carbocycles. The summed E-state index contributed by atoms with van der Waals surface area (Å²) in [5.74, 6) is -0.191. The van der Waals surface area contributed by atoms with E-state index in [2.05, 4.69) is 0 Å². The van der Waals surface area contributed by atoms with Crippen molar-refractivity contribution in [3.8, 4) is 0 Å². The molecule has 0 aromatic rings. The third-order valence-corrected chi connectivity index (χ3v) is 3.17. The molecule has 0 unspecified atom stereocenters. The van der Waals surface area contributed by atoms with Crippen LogP contribution < -0.4 is 0 Å². The van der Waals surface area contributed by atoms with Gasteiger partial charge in [-0.15, -0.1) is 0 Å². The van der Waals surface area contributed by atoms with Gasteiger partial charge in [-0.05, 0) is 19.3 Å². The summed E-state index contributed by atoms with van der Waals surface area (Å²) < 4.78 is 5.01. The van der Waals surface area contributed by atoms with Crippen LogP contribution in [0.4, 0.5) is 0 Å². The lowest BCUT2D eigenvalue weighted by Gasteiger charge is -2.32. The molecule has 2 N–H and O–H groups in total. The van der Waals surface area contributed by atoms with Crippen LogP contribution in [0.3, 0.4) is 0 Å². The number of carbonyl (C=O) groups is 1. The predicted molar refractivity (Wildman–Crippen MR) is 43.8 cm³/mol. The Hall–Kier alpha value is -0.610. The Balaban J connectivity index is 2.17. The molecule has 0 bridgehead atoms. The van der Waals surface area contributed by atoms with Gasteiger partial charge in [0, 0.05) is 12.3 Å². The van der Waals surface area contributed by atoms with Crippen molar-refractivity contribution in [2.45, 2.75) is 38.1 Å². The first-order chi connectivity index (χ1) is 6.09. The Morgan fingerprint density at radius 2 is 2.15 bits per heavy atom. The van der Waals surface area contributed by atoms with Gasteiger partial charge in [0.05, 0.1) is 12.2 Å². The standard InChI is InChI=1S/C9H14O4/c1-4-8-5(3-7(11)13-4)2-6(10)9(8)12/h4-6,8-10,12H,2-3H2,1H3/t4-,5+,6-,8-,9-/m0/s1. The van der Waals surface area contributed by atoms with Gasteiger partial charge >= 0.3 is 5.97 Å². The summed E-state index contributed by atoms with van der Waals surface area (Å²) in [6.07, 6.45) is -0.826. The van der Waals surface area contributed by atoms with E-state index in [0.29, 0.717) is 12.8 Å². The molecule has 1 saturated carbocycles. The van der Waals surface area contributed by atoms with Gasteiger partial charge in [-0.3, -0.25) is 4.79 Å². The van der Waals surface area contributed by atoms with Crippen molar-refractivity contribution < 1.29 is 19.7 Å². The Labute approximate surface area is 76.5 Å². The van der Waals surface area contributed by atoms with Crippen molar-refractivity contribution in [3.05, 3.63) is 0 Å². The first-order valence-corrected chi connectivity index (χ1v) is 4.65. The number of carbonyl (C=O) groups excluding carboxylic acids is 1. The number of ether oxygens (including phenoxy) is 1. The van der Waals surface area contributed by atoms with Gasteiger partial charge in [-0.2, -0.15) is 0 Å². The molecule has 1 aliphatic heterocycles. The van der Waals surface area contributed by atoms with Crippen molar-refractivity contribution >= 4 is 5.97 Å². The molecule has 0 amide bonds. The van der Waals surface area contributed by atoms with Crippen LogP contribution in [-0.2, 0) is 9.53 Å². The van der Waals surface area contributed by atoms with Crippen molar-refractivity contribution in [2.75, 3.05) is 0 Å². The molecule has 2 aliphatic rings. The van der Waals surface area contributed by atoms with Crippen LogP contribution in [0.25, 0.3) is 0 Å². The molecule has 5 atom stereocenters. The molecule has 0 aromatic heterocycles. The van der Waals surface area contributed by atoms with Crippen LogP contribution in [0.5, 0.6) is 0 Å². The highest BCUT2D eigenvalue weighted by molar-refractivity contribution is 5.71. The van der Waals surface area contributed by atoms with E-state index in [1.54, 1.807) is 6.92 Å². The molecule has 74 valence electrons. The van der Waals surface area contributed by atoms with Crippen LogP contribution in [0.2, 0.25) is 0 Å². The van der Waals surface area contributed by atoms with Crippen molar-refractivity contribution in [1.29, 1.82) is 0 Å². The zero-order valence-corrected chi connectivity index (χ0v) is 7.51. The van der Waals surface area contributed by atoms with Crippen LogP contribution in [0.1, 0.15) is 19.8 Å². The number of fused-ring (bicyclic) bond motifs is 1. The van der Waals surface area contributed by atoms with E-state index in [4.69, 9.17) is 4.74 Å². The Morgan fingerprint density at radius 1 is 1.46 bits per heavy atom. The fourth-order valence-electron chi connectivity index (χ4n) is 2.57. The van der Waals surface area contributed by atoms with E-state index < -0.39 is 12.2 Å². The van der Waals surface area contributed by atoms with Gasteiger partial charge in [0.1, 0.15) is 6.10 Å². The van der Waals surface area contributed by atoms with Gasteiger partial charge in [0.2, 0.25) is 0 Å². The zero-order valence-electron chi connectivity index (χ0n) is 7.51. The van der Waals surface area contributed by atoms with Gasteiger partial charge in [0.15, 0.2) is 0 Å². The van der Waals surface area contributed by atoms with Crippen LogP contribution in [-0.4, -0.2) is 34.5 Å². The number of hydrogen-bond acceptors (Lipinski definition) is 4. The maximum Gasteiger partial charge on any atom is 0.306 e. The lowest BCUT2D eigenvalue weighted by Crippen LogP contribution is -2.40. The number of hydrogen-bond donors (Lipinski definition) is 2. The van der Waals surface area contributed by atoms with Gasteiger partial charge < -0.3 is 14.9 Å². The Bertz CT molecular complexity index is 228. The minimum atomic E-state index is -0.729. The van der Waals surface area contributed by atoms with E-state index in [9.17, 15) is 15.0 Å². The van der Waals surface area contributed by atoms with E-state index >= 15 is 0 Å². The molecule has 2 fully saturated rings. The third-order valence-electron chi connectivity index (χ3n) is 3.17. The van der Waals surface area contributed by atoms with Gasteiger partial charge in [-0.1, -0.05) is 0 Å². The second kappa shape index (κ2) is 2.96. The van der Waals surface area contributed by atoms with E-state index in [0.717, 1.165) is 0 Å². The zero-order chi connectivity index (χ0) is 9.59. The summed E-state index contributed by atoms with van der Waals surface area (Å²) >= 11 is 0. The first kappa shape index (κ1) is 8.97. The highest BCUT2D eigenvalue weighted by atomic mass is 16.5. The summed E-state index contributed by atoms with van der Waals surface area (Å²) in [6, 6.07) is 0. The molecule has 4 heteroatoms. The van der Waals surface area contributed by atoms with Crippen molar-refractivity contribution in [1.82, 2.24) is 0 Å². The molecule has 0 aromatic carbocycles. The van der Waals surface area contributed by atoms with Crippen LogP contribution >= 0.6 is 0 Å². The molecule has 0 radical (unpaired) electrons. The normalized spacial score (nSPS) is 50.1. The molecule has 0 spiro atoms.